The maximum absolute atomic E-state index is 5.84. The molecule has 0 saturated carbocycles. The molecule has 0 amide bonds. The molecule has 1 aromatic heterocycles. The Labute approximate surface area is 137 Å². The van der Waals surface area contributed by atoms with Gasteiger partial charge in [0.2, 0.25) is 5.28 Å². The van der Waals surface area contributed by atoms with Gasteiger partial charge < -0.3 is 20.4 Å². The molecule has 0 saturated heterocycles. The molecule has 0 bridgehead atoms. The van der Waals surface area contributed by atoms with E-state index < -0.39 is 0 Å². The predicted octanol–water partition coefficient (Wildman–Crippen LogP) is 4.03. The van der Waals surface area contributed by atoms with E-state index in [2.05, 4.69) is 20.6 Å². The summed E-state index contributed by atoms with van der Waals surface area (Å²) in [6.07, 6.45) is 0. The molecular weight excluding hydrogens is 320 g/mol. The van der Waals surface area contributed by atoms with Crippen molar-refractivity contribution in [1.82, 2.24) is 9.97 Å². The maximum Gasteiger partial charge on any atom is 0.201 e. The first-order valence-corrected chi connectivity index (χ1v) is 7.30. The van der Waals surface area contributed by atoms with Gasteiger partial charge in [-0.25, -0.2) is 4.98 Å². The lowest BCUT2D eigenvalue weighted by atomic mass is 10.3. The number of H-pyrrole nitrogens is 1. The van der Waals surface area contributed by atoms with Crippen molar-refractivity contribution in [3.05, 3.63) is 47.7 Å². The van der Waals surface area contributed by atoms with Crippen molar-refractivity contribution >= 4 is 51.3 Å². The number of thiocarbonyl (C=S) groups is 1. The zero-order chi connectivity index (χ0) is 15.5. The molecule has 0 aliphatic carbocycles. The van der Waals surface area contributed by atoms with Gasteiger partial charge in [0.1, 0.15) is 5.75 Å². The Morgan fingerprint density at radius 1 is 1.23 bits per heavy atom. The molecule has 0 aliphatic rings. The lowest BCUT2D eigenvalue weighted by molar-refractivity contribution is 0.417. The van der Waals surface area contributed by atoms with Crippen LogP contribution in [0.1, 0.15) is 0 Å². The van der Waals surface area contributed by atoms with Crippen LogP contribution in [0.15, 0.2) is 42.5 Å². The molecule has 0 spiro atoms. The molecule has 7 heteroatoms. The molecule has 112 valence electrons. The summed E-state index contributed by atoms with van der Waals surface area (Å²) in [6, 6.07) is 13.2. The number of methoxy groups -OCH3 is 1. The summed E-state index contributed by atoms with van der Waals surface area (Å²) < 4.78 is 5.28. The predicted molar refractivity (Wildman–Crippen MR) is 93.9 cm³/mol. The van der Waals surface area contributed by atoms with Crippen LogP contribution in [0.3, 0.4) is 0 Å². The molecule has 2 aromatic carbocycles. The summed E-state index contributed by atoms with van der Waals surface area (Å²) in [5, 5.41) is 7.05. The van der Waals surface area contributed by atoms with Crippen LogP contribution in [0.25, 0.3) is 11.0 Å². The molecule has 3 rings (SSSR count). The van der Waals surface area contributed by atoms with Crippen molar-refractivity contribution in [2.24, 2.45) is 0 Å². The number of hydrogen-bond acceptors (Lipinski definition) is 3. The molecule has 3 N–H and O–H groups in total. The Kier molecular flexibility index (Phi) is 4.13. The van der Waals surface area contributed by atoms with E-state index in [-0.39, 0.29) is 0 Å². The number of hydrogen-bond donors (Lipinski definition) is 3. The van der Waals surface area contributed by atoms with E-state index in [4.69, 9.17) is 28.6 Å². The van der Waals surface area contributed by atoms with Gasteiger partial charge in [-0.1, -0.05) is 12.1 Å². The Hall–Kier alpha value is -2.31. The van der Waals surface area contributed by atoms with Gasteiger partial charge in [-0.05, 0) is 54.2 Å². The van der Waals surface area contributed by atoms with Crippen LogP contribution in [0.5, 0.6) is 5.75 Å². The third-order valence-electron chi connectivity index (χ3n) is 3.07. The Balaban J connectivity index is 1.75. The van der Waals surface area contributed by atoms with E-state index in [1.807, 2.05) is 42.5 Å². The van der Waals surface area contributed by atoms with Gasteiger partial charge in [-0.15, -0.1) is 0 Å². The summed E-state index contributed by atoms with van der Waals surface area (Å²) in [5.41, 5.74) is 3.28. The van der Waals surface area contributed by atoms with E-state index in [1.54, 1.807) is 7.11 Å². The second-order valence-electron chi connectivity index (χ2n) is 4.54. The van der Waals surface area contributed by atoms with Gasteiger partial charge in [-0.2, -0.15) is 0 Å². The fraction of sp³-hybridized carbons (Fsp3) is 0.0667. The Morgan fingerprint density at radius 3 is 2.86 bits per heavy atom. The summed E-state index contributed by atoms with van der Waals surface area (Å²) in [5.74, 6) is 0.724. The minimum Gasteiger partial charge on any atom is -0.495 e. The fourth-order valence-electron chi connectivity index (χ4n) is 2.09. The highest BCUT2D eigenvalue weighted by Gasteiger charge is 2.06. The van der Waals surface area contributed by atoms with Gasteiger partial charge in [0.05, 0.1) is 23.8 Å². The first kappa shape index (κ1) is 14.6. The summed E-state index contributed by atoms with van der Waals surface area (Å²) >= 11 is 11.2. The van der Waals surface area contributed by atoms with E-state index in [0.717, 1.165) is 28.2 Å². The van der Waals surface area contributed by atoms with Gasteiger partial charge in [0.15, 0.2) is 5.11 Å². The largest absolute Gasteiger partial charge is 0.495 e. The molecule has 5 nitrogen and oxygen atoms in total. The highest BCUT2D eigenvalue weighted by molar-refractivity contribution is 7.80. The number of para-hydroxylation sites is 2. The van der Waals surface area contributed by atoms with E-state index in [1.165, 1.54) is 0 Å². The second-order valence-corrected chi connectivity index (χ2v) is 5.31. The van der Waals surface area contributed by atoms with Crippen LogP contribution in [0.2, 0.25) is 5.28 Å². The van der Waals surface area contributed by atoms with Crippen molar-refractivity contribution < 1.29 is 4.74 Å². The van der Waals surface area contributed by atoms with Crippen LogP contribution in [0.4, 0.5) is 11.4 Å². The van der Waals surface area contributed by atoms with Gasteiger partial charge in [-0.3, -0.25) is 0 Å². The lowest BCUT2D eigenvalue weighted by Gasteiger charge is -2.13. The Morgan fingerprint density at radius 2 is 2.05 bits per heavy atom. The minimum absolute atomic E-state index is 0.363. The number of halogens is 1. The highest BCUT2D eigenvalue weighted by atomic mass is 35.5. The molecule has 1 heterocycles. The van der Waals surface area contributed by atoms with Crippen molar-refractivity contribution in [3.8, 4) is 5.75 Å². The number of nitrogens with one attached hydrogen (secondary N) is 3. The molecule has 0 aliphatic heterocycles. The number of rotatable bonds is 3. The smallest absolute Gasteiger partial charge is 0.201 e. The van der Waals surface area contributed by atoms with Crippen molar-refractivity contribution in [2.75, 3.05) is 17.7 Å². The van der Waals surface area contributed by atoms with Crippen molar-refractivity contribution in [2.45, 2.75) is 0 Å². The minimum atomic E-state index is 0.363. The number of imidazole rings is 1. The van der Waals surface area contributed by atoms with Crippen molar-refractivity contribution in [1.29, 1.82) is 0 Å². The van der Waals surface area contributed by atoms with Crippen LogP contribution in [-0.4, -0.2) is 22.2 Å². The molecule has 3 aromatic rings. The highest BCUT2D eigenvalue weighted by Crippen LogP contribution is 2.24. The van der Waals surface area contributed by atoms with Gasteiger partial charge >= 0.3 is 0 Å². The number of aromatic nitrogens is 2. The van der Waals surface area contributed by atoms with E-state index in [9.17, 15) is 0 Å². The van der Waals surface area contributed by atoms with Crippen LogP contribution in [-0.2, 0) is 0 Å². The van der Waals surface area contributed by atoms with Crippen LogP contribution < -0.4 is 15.4 Å². The van der Waals surface area contributed by atoms with Crippen LogP contribution >= 0.6 is 23.8 Å². The molecule has 0 radical (unpaired) electrons. The first-order chi connectivity index (χ1) is 10.7. The summed E-state index contributed by atoms with van der Waals surface area (Å²) in [7, 11) is 1.62. The number of fused-ring (bicyclic) bond motifs is 1. The third-order valence-corrected chi connectivity index (χ3v) is 3.45. The molecular formula is C15H13ClN4OS. The first-order valence-electron chi connectivity index (χ1n) is 6.52. The summed E-state index contributed by atoms with van der Waals surface area (Å²) in [4.78, 5) is 7.11. The average Bonchev–Trinajstić information content (AvgIpc) is 2.87. The number of benzene rings is 2. The van der Waals surface area contributed by atoms with Crippen LogP contribution in [0, 0.1) is 0 Å². The van der Waals surface area contributed by atoms with Crippen molar-refractivity contribution in [3.63, 3.8) is 0 Å². The average molecular weight is 333 g/mol. The Bertz CT molecular complexity index is 833. The standard InChI is InChI=1S/C15H13ClN4OS/c1-21-13-5-3-2-4-11(13)20-15(22)17-9-6-7-10-12(8-9)19-14(16)18-10/h2-8H,1H3,(H,18,19)(H2,17,20,22). The lowest BCUT2D eigenvalue weighted by Crippen LogP contribution is -2.19. The van der Waals surface area contributed by atoms with Gasteiger partial charge in [0.25, 0.3) is 0 Å². The monoisotopic (exact) mass is 332 g/mol. The summed E-state index contributed by atoms with van der Waals surface area (Å²) in [6.45, 7) is 0. The number of aromatic amines is 1. The fourth-order valence-corrected chi connectivity index (χ4v) is 2.51. The molecule has 0 unspecified atom stereocenters. The quantitative estimate of drug-likeness (QED) is 0.632. The number of ether oxygens (including phenoxy) is 1. The third kappa shape index (κ3) is 3.13. The van der Waals surface area contributed by atoms with E-state index in [0.29, 0.717) is 10.4 Å². The SMILES string of the molecule is COc1ccccc1NC(=S)Nc1ccc2nc(Cl)[nH]c2c1. The second kappa shape index (κ2) is 6.21. The zero-order valence-electron chi connectivity index (χ0n) is 11.7. The molecule has 0 atom stereocenters. The molecule has 0 fully saturated rings. The zero-order valence-corrected chi connectivity index (χ0v) is 13.3. The topological polar surface area (TPSA) is 62.0 Å². The molecule has 22 heavy (non-hydrogen) atoms. The van der Waals surface area contributed by atoms with Gasteiger partial charge in [0, 0.05) is 5.69 Å². The number of nitrogens with zero attached hydrogens (tertiary/aromatic N) is 1. The van der Waals surface area contributed by atoms with E-state index >= 15 is 0 Å². The number of anilines is 2. The maximum atomic E-state index is 5.84. The normalized spacial score (nSPS) is 10.5.